The van der Waals surface area contributed by atoms with Crippen molar-refractivity contribution in [3.63, 3.8) is 0 Å². The van der Waals surface area contributed by atoms with Gasteiger partial charge in [0.05, 0.1) is 16.6 Å². The highest BCUT2D eigenvalue weighted by Gasteiger charge is 2.49. The van der Waals surface area contributed by atoms with E-state index in [4.69, 9.17) is 4.98 Å². The van der Waals surface area contributed by atoms with Gasteiger partial charge in [-0.2, -0.15) is 13.2 Å². The smallest absolute Gasteiger partial charge is 0.248 e. The van der Waals surface area contributed by atoms with Gasteiger partial charge in [0.15, 0.2) is 0 Å². The molecule has 3 aromatic carbocycles. The summed E-state index contributed by atoms with van der Waals surface area (Å²) in [7, 11) is 0. The number of hydrogen-bond donors (Lipinski definition) is 0. The van der Waals surface area contributed by atoms with Crippen LogP contribution in [0, 0.1) is 0 Å². The van der Waals surface area contributed by atoms with Crippen molar-refractivity contribution < 1.29 is 13.2 Å². The number of alkyl halides is 3. The quantitative estimate of drug-likeness (QED) is 0.318. The molecule has 0 aliphatic rings. The molecule has 0 N–H and O–H groups in total. The van der Waals surface area contributed by atoms with Crippen molar-refractivity contribution in [1.82, 2.24) is 4.98 Å². The SMILES string of the molecule is CC(C)(C)c1cc(-c2cc(C(C)(C)C(F)(F)F)c3ccccc3n2)cc2ccccc12. The Balaban J connectivity index is 2.05. The van der Waals surface area contributed by atoms with E-state index in [0.29, 0.717) is 16.6 Å². The molecule has 0 saturated heterocycles. The Morgan fingerprint density at radius 1 is 0.677 bits per heavy atom. The topological polar surface area (TPSA) is 12.9 Å². The van der Waals surface area contributed by atoms with Crippen LogP contribution in [0.3, 0.4) is 0 Å². The maximum Gasteiger partial charge on any atom is 0.397 e. The molecule has 1 aromatic heterocycles. The summed E-state index contributed by atoms with van der Waals surface area (Å²) in [6.07, 6.45) is -4.38. The summed E-state index contributed by atoms with van der Waals surface area (Å²) in [6, 6.07) is 20.9. The third-order valence-electron chi connectivity index (χ3n) is 6.06. The molecular weight excluding hydrogens is 395 g/mol. The Bertz CT molecular complexity index is 1280. The van der Waals surface area contributed by atoms with E-state index in [-0.39, 0.29) is 11.0 Å². The molecule has 0 amide bonds. The van der Waals surface area contributed by atoms with E-state index in [1.54, 1.807) is 24.3 Å². The van der Waals surface area contributed by atoms with Crippen molar-refractivity contribution in [3.05, 3.63) is 77.9 Å². The number of aromatic nitrogens is 1. The van der Waals surface area contributed by atoms with Crippen molar-refractivity contribution in [2.24, 2.45) is 0 Å². The highest BCUT2D eigenvalue weighted by Crippen LogP contribution is 2.44. The first-order valence-electron chi connectivity index (χ1n) is 10.4. The Hall–Kier alpha value is -2.88. The number of fused-ring (bicyclic) bond motifs is 2. The average Bonchev–Trinajstić information content (AvgIpc) is 2.70. The molecule has 0 bridgehead atoms. The van der Waals surface area contributed by atoms with Gasteiger partial charge in [-0.1, -0.05) is 63.2 Å². The van der Waals surface area contributed by atoms with Gasteiger partial charge in [-0.05, 0) is 65.4 Å². The number of pyridine rings is 1. The summed E-state index contributed by atoms with van der Waals surface area (Å²) in [4.78, 5) is 4.76. The summed E-state index contributed by atoms with van der Waals surface area (Å²) < 4.78 is 42.0. The summed E-state index contributed by atoms with van der Waals surface area (Å²) in [5.41, 5.74) is 1.21. The largest absolute Gasteiger partial charge is 0.397 e. The second-order valence-electron chi connectivity index (χ2n) is 9.69. The van der Waals surface area contributed by atoms with E-state index >= 15 is 0 Å². The fourth-order valence-corrected chi connectivity index (χ4v) is 4.07. The molecule has 1 heterocycles. The molecular formula is C27H26F3N. The first-order chi connectivity index (χ1) is 14.4. The number of nitrogens with zero attached hydrogens (tertiary/aromatic N) is 1. The zero-order valence-electron chi connectivity index (χ0n) is 18.4. The summed E-state index contributed by atoms with van der Waals surface area (Å²) in [5.74, 6) is 0. The lowest BCUT2D eigenvalue weighted by molar-refractivity contribution is -0.179. The molecule has 0 fully saturated rings. The van der Waals surface area contributed by atoms with Crippen LogP contribution in [0.15, 0.2) is 66.7 Å². The normalized spacial score (nSPS) is 13.2. The van der Waals surface area contributed by atoms with E-state index in [2.05, 4.69) is 32.9 Å². The van der Waals surface area contributed by atoms with Gasteiger partial charge in [0.25, 0.3) is 0 Å². The van der Waals surface area contributed by atoms with Crippen molar-refractivity contribution in [2.45, 2.75) is 51.6 Å². The fraction of sp³-hybridized carbons (Fsp3) is 0.296. The summed E-state index contributed by atoms with van der Waals surface area (Å²) in [6.45, 7) is 8.90. The number of benzene rings is 3. The van der Waals surface area contributed by atoms with E-state index in [0.717, 1.165) is 21.9 Å². The Kier molecular flexibility index (Phi) is 4.88. The number of rotatable bonds is 2. The molecule has 0 aliphatic heterocycles. The second kappa shape index (κ2) is 7.08. The van der Waals surface area contributed by atoms with Crippen LogP contribution in [-0.2, 0) is 10.8 Å². The lowest BCUT2D eigenvalue weighted by atomic mass is 9.80. The molecule has 0 unspecified atom stereocenters. The van der Waals surface area contributed by atoms with Crippen LogP contribution < -0.4 is 0 Å². The van der Waals surface area contributed by atoms with Crippen molar-refractivity contribution >= 4 is 21.7 Å². The third-order valence-corrected chi connectivity index (χ3v) is 6.06. The predicted octanol–water partition coefficient (Wildman–Crippen LogP) is 8.19. The van der Waals surface area contributed by atoms with Gasteiger partial charge in [-0.3, -0.25) is 0 Å². The lowest BCUT2D eigenvalue weighted by Gasteiger charge is -2.30. The van der Waals surface area contributed by atoms with Crippen molar-refractivity contribution in [2.75, 3.05) is 0 Å². The van der Waals surface area contributed by atoms with Crippen LogP contribution in [0.2, 0.25) is 0 Å². The number of para-hydroxylation sites is 1. The standard InChI is InChI=1S/C27H26F3N/c1-25(2,3)21-15-18(14-17-10-6-7-11-19(17)21)24-16-22(26(4,5)27(28,29)30)20-12-8-9-13-23(20)31-24/h6-16H,1-5H3. The van der Waals surface area contributed by atoms with Gasteiger partial charge in [0.1, 0.15) is 0 Å². The van der Waals surface area contributed by atoms with Crippen LogP contribution in [0.25, 0.3) is 32.9 Å². The van der Waals surface area contributed by atoms with E-state index in [1.807, 2.05) is 30.3 Å². The monoisotopic (exact) mass is 421 g/mol. The van der Waals surface area contributed by atoms with Crippen LogP contribution >= 0.6 is 0 Å². The molecule has 0 aliphatic carbocycles. The predicted molar refractivity (Wildman–Crippen MR) is 122 cm³/mol. The van der Waals surface area contributed by atoms with Gasteiger partial charge in [-0.25, -0.2) is 4.98 Å². The Labute approximate surface area is 180 Å². The zero-order valence-corrected chi connectivity index (χ0v) is 18.4. The Morgan fingerprint density at radius 3 is 1.94 bits per heavy atom. The maximum absolute atomic E-state index is 14.0. The molecule has 4 heteroatoms. The minimum atomic E-state index is -4.38. The fourth-order valence-electron chi connectivity index (χ4n) is 4.07. The van der Waals surface area contributed by atoms with Crippen molar-refractivity contribution in [1.29, 1.82) is 0 Å². The molecule has 160 valence electrons. The number of halogens is 3. The highest BCUT2D eigenvalue weighted by molar-refractivity contribution is 5.92. The van der Waals surface area contributed by atoms with E-state index in [9.17, 15) is 13.2 Å². The zero-order chi connectivity index (χ0) is 22.6. The van der Waals surface area contributed by atoms with Gasteiger partial charge in [0, 0.05) is 10.9 Å². The van der Waals surface area contributed by atoms with Gasteiger partial charge < -0.3 is 0 Å². The Morgan fingerprint density at radius 2 is 1.29 bits per heavy atom. The molecule has 0 saturated carbocycles. The van der Waals surface area contributed by atoms with Gasteiger partial charge in [0.2, 0.25) is 0 Å². The minimum absolute atomic E-state index is 0.124. The molecule has 0 spiro atoms. The average molecular weight is 422 g/mol. The first kappa shape index (κ1) is 21.4. The van der Waals surface area contributed by atoms with Crippen LogP contribution in [0.5, 0.6) is 0 Å². The number of hydrogen-bond acceptors (Lipinski definition) is 1. The molecule has 0 atom stereocenters. The van der Waals surface area contributed by atoms with Crippen molar-refractivity contribution in [3.8, 4) is 11.3 Å². The third kappa shape index (κ3) is 3.69. The van der Waals surface area contributed by atoms with Gasteiger partial charge >= 0.3 is 6.18 Å². The van der Waals surface area contributed by atoms with E-state index in [1.165, 1.54) is 13.8 Å². The van der Waals surface area contributed by atoms with E-state index < -0.39 is 11.6 Å². The molecule has 31 heavy (non-hydrogen) atoms. The van der Waals surface area contributed by atoms with Gasteiger partial charge in [-0.15, -0.1) is 0 Å². The second-order valence-corrected chi connectivity index (χ2v) is 9.69. The molecule has 4 aromatic rings. The highest BCUT2D eigenvalue weighted by atomic mass is 19.4. The minimum Gasteiger partial charge on any atom is -0.248 e. The summed E-state index contributed by atoms with van der Waals surface area (Å²) in [5, 5.41) is 2.73. The lowest BCUT2D eigenvalue weighted by Crippen LogP contribution is -2.36. The van der Waals surface area contributed by atoms with Crippen LogP contribution in [0.1, 0.15) is 45.7 Å². The molecule has 1 nitrogen and oxygen atoms in total. The molecule has 4 rings (SSSR count). The first-order valence-corrected chi connectivity index (χ1v) is 10.4. The molecule has 0 radical (unpaired) electrons. The van der Waals surface area contributed by atoms with Crippen LogP contribution in [-0.4, -0.2) is 11.2 Å². The maximum atomic E-state index is 14.0. The van der Waals surface area contributed by atoms with Crippen LogP contribution in [0.4, 0.5) is 13.2 Å². The summed E-state index contributed by atoms with van der Waals surface area (Å²) >= 11 is 0.